The Morgan fingerprint density at radius 2 is 1.84 bits per heavy atom. The summed E-state index contributed by atoms with van der Waals surface area (Å²) in [6.07, 6.45) is 2.45. The fourth-order valence-electron chi connectivity index (χ4n) is 3.22. The first-order valence-electron chi connectivity index (χ1n) is 10.4. The minimum Gasteiger partial charge on any atom is -0.302 e. The molecule has 4 nitrogen and oxygen atoms in total. The molecule has 0 fully saturated rings. The zero-order valence-electron chi connectivity index (χ0n) is 18.1. The molecule has 0 spiro atoms. The molecule has 0 radical (unpaired) electrons. The van der Waals surface area contributed by atoms with Crippen LogP contribution in [0.4, 0.5) is 9.52 Å². The van der Waals surface area contributed by atoms with Gasteiger partial charge in [-0.3, -0.25) is 9.69 Å². The average Bonchev–Trinajstić information content (AvgIpc) is 3.22. The number of thiazole rings is 1. The molecule has 1 amide bonds. The molecule has 0 saturated carbocycles. The molecular formula is C23H28FN3OS3. The lowest BCUT2D eigenvalue weighted by atomic mass is 10.3. The summed E-state index contributed by atoms with van der Waals surface area (Å²) >= 11 is 4.82. The van der Waals surface area contributed by atoms with E-state index in [0.29, 0.717) is 18.7 Å². The van der Waals surface area contributed by atoms with Gasteiger partial charge in [0.25, 0.3) is 0 Å². The first-order chi connectivity index (χ1) is 15.0. The van der Waals surface area contributed by atoms with Crippen molar-refractivity contribution in [3.8, 4) is 0 Å². The van der Waals surface area contributed by atoms with Crippen molar-refractivity contribution in [3.63, 3.8) is 0 Å². The van der Waals surface area contributed by atoms with Crippen molar-refractivity contribution in [2.24, 2.45) is 0 Å². The number of carbonyl (C=O) groups excluding carboxylic acids is 1. The van der Waals surface area contributed by atoms with Gasteiger partial charge in [0.15, 0.2) is 5.13 Å². The molecule has 8 heteroatoms. The molecule has 2 aromatic carbocycles. The van der Waals surface area contributed by atoms with E-state index in [1.165, 1.54) is 12.1 Å². The van der Waals surface area contributed by atoms with Crippen molar-refractivity contribution < 1.29 is 9.18 Å². The molecule has 0 bridgehead atoms. The topological polar surface area (TPSA) is 36.4 Å². The molecule has 1 aromatic heterocycles. The number of fused-ring (bicyclic) bond motifs is 1. The third-order valence-electron chi connectivity index (χ3n) is 5.06. The van der Waals surface area contributed by atoms with Crippen LogP contribution in [0.5, 0.6) is 0 Å². The number of hydrogen-bond donors (Lipinski definition) is 0. The zero-order chi connectivity index (χ0) is 22.2. The van der Waals surface area contributed by atoms with Crippen molar-refractivity contribution >= 4 is 56.1 Å². The molecule has 1 heterocycles. The number of nitrogens with zero attached hydrogens (tertiary/aromatic N) is 3. The fourth-order valence-corrected chi connectivity index (χ4v) is 5.73. The van der Waals surface area contributed by atoms with Gasteiger partial charge in [0.05, 0.1) is 10.2 Å². The van der Waals surface area contributed by atoms with Crippen LogP contribution in [0.1, 0.15) is 20.3 Å². The van der Waals surface area contributed by atoms with Gasteiger partial charge in [-0.15, -0.1) is 23.5 Å². The molecule has 0 aliphatic heterocycles. The van der Waals surface area contributed by atoms with Gasteiger partial charge in [-0.25, -0.2) is 9.37 Å². The van der Waals surface area contributed by atoms with Crippen molar-refractivity contribution in [2.45, 2.75) is 30.1 Å². The molecular weight excluding hydrogens is 449 g/mol. The fraction of sp³-hybridized carbons (Fsp3) is 0.391. The highest BCUT2D eigenvalue weighted by Gasteiger charge is 2.21. The van der Waals surface area contributed by atoms with E-state index in [0.717, 1.165) is 44.8 Å². The molecule has 0 unspecified atom stereocenters. The van der Waals surface area contributed by atoms with Gasteiger partial charge >= 0.3 is 0 Å². The van der Waals surface area contributed by atoms with Crippen LogP contribution in [0.15, 0.2) is 52.3 Å². The van der Waals surface area contributed by atoms with Gasteiger partial charge in [-0.1, -0.05) is 31.3 Å². The number of aromatic nitrogens is 1. The lowest BCUT2D eigenvalue weighted by molar-refractivity contribution is -0.118. The van der Waals surface area contributed by atoms with Crippen LogP contribution in [-0.4, -0.2) is 54.0 Å². The third-order valence-corrected chi connectivity index (χ3v) is 7.88. The Bertz CT molecular complexity index is 989. The second-order valence-electron chi connectivity index (χ2n) is 6.93. The van der Waals surface area contributed by atoms with E-state index >= 15 is 0 Å². The molecule has 3 aromatic rings. The van der Waals surface area contributed by atoms with Crippen LogP contribution < -0.4 is 4.90 Å². The number of rotatable bonds is 11. The van der Waals surface area contributed by atoms with Crippen molar-refractivity contribution in [2.75, 3.05) is 43.1 Å². The number of para-hydroxylation sites is 1. The number of thioether (sulfide) groups is 2. The van der Waals surface area contributed by atoms with Gasteiger partial charge in [-0.05, 0) is 55.7 Å². The van der Waals surface area contributed by atoms with Gasteiger partial charge in [0.2, 0.25) is 5.91 Å². The van der Waals surface area contributed by atoms with E-state index in [2.05, 4.69) is 30.9 Å². The molecule has 0 aliphatic carbocycles. The highest BCUT2D eigenvalue weighted by molar-refractivity contribution is 7.99. The summed E-state index contributed by atoms with van der Waals surface area (Å²) in [5, 5.41) is 0.764. The number of amides is 1. The first kappa shape index (κ1) is 24.0. The van der Waals surface area contributed by atoms with Crippen LogP contribution in [0.3, 0.4) is 0 Å². The second-order valence-corrected chi connectivity index (χ2v) is 9.95. The minimum absolute atomic E-state index is 0.0755. The van der Waals surface area contributed by atoms with Crippen molar-refractivity contribution in [1.82, 2.24) is 9.88 Å². The minimum atomic E-state index is -0.247. The number of halogens is 1. The van der Waals surface area contributed by atoms with E-state index in [-0.39, 0.29) is 11.7 Å². The van der Waals surface area contributed by atoms with Crippen LogP contribution >= 0.6 is 34.9 Å². The maximum atomic E-state index is 13.2. The highest BCUT2D eigenvalue weighted by atomic mass is 32.2. The quantitative estimate of drug-likeness (QED) is 0.316. The number of carbonyl (C=O) groups is 1. The maximum absolute atomic E-state index is 13.2. The lowest BCUT2D eigenvalue weighted by Gasteiger charge is -2.24. The smallest absolute Gasteiger partial charge is 0.229 e. The summed E-state index contributed by atoms with van der Waals surface area (Å²) in [7, 11) is 0. The van der Waals surface area contributed by atoms with E-state index in [1.807, 2.05) is 17.2 Å². The zero-order valence-corrected chi connectivity index (χ0v) is 20.6. The van der Waals surface area contributed by atoms with Gasteiger partial charge in [0, 0.05) is 35.1 Å². The van der Waals surface area contributed by atoms with E-state index in [4.69, 9.17) is 4.98 Å². The number of anilines is 1. The lowest BCUT2D eigenvalue weighted by Crippen LogP contribution is -2.39. The van der Waals surface area contributed by atoms with Crippen LogP contribution in [0.2, 0.25) is 0 Å². The Morgan fingerprint density at radius 1 is 1.10 bits per heavy atom. The molecule has 0 N–H and O–H groups in total. The van der Waals surface area contributed by atoms with Gasteiger partial charge < -0.3 is 4.90 Å². The van der Waals surface area contributed by atoms with E-state index in [9.17, 15) is 9.18 Å². The van der Waals surface area contributed by atoms with Crippen LogP contribution in [0, 0.1) is 5.82 Å². The molecule has 0 atom stereocenters. The largest absolute Gasteiger partial charge is 0.302 e. The van der Waals surface area contributed by atoms with Crippen LogP contribution in [0.25, 0.3) is 10.2 Å². The Hall–Kier alpha value is -1.61. The predicted molar refractivity (Wildman–Crippen MR) is 133 cm³/mol. The van der Waals surface area contributed by atoms with Gasteiger partial charge in [0.1, 0.15) is 5.82 Å². The Kier molecular flexibility index (Phi) is 9.19. The van der Waals surface area contributed by atoms with Crippen molar-refractivity contribution in [1.29, 1.82) is 0 Å². The van der Waals surface area contributed by atoms with Crippen molar-refractivity contribution in [3.05, 3.63) is 48.3 Å². The molecule has 31 heavy (non-hydrogen) atoms. The maximum Gasteiger partial charge on any atom is 0.229 e. The summed E-state index contributed by atoms with van der Waals surface area (Å²) in [4.78, 5) is 24.3. The number of benzene rings is 2. The molecule has 0 aliphatic rings. The Balaban J connectivity index is 1.75. The Labute approximate surface area is 196 Å². The summed E-state index contributed by atoms with van der Waals surface area (Å²) in [6, 6.07) is 12.6. The van der Waals surface area contributed by atoms with E-state index in [1.54, 1.807) is 47.0 Å². The third kappa shape index (κ3) is 6.44. The number of likely N-dealkylation sites (N-methyl/N-ethyl adjacent to an activating group) is 1. The molecule has 0 saturated heterocycles. The summed E-state index contributed by atoms with van der Waals surface area (Å²) in [5.74, 6) is 0.475. The van der Waals surface area contributed by atoms with Gasteiger partial charge in [-0.2, -0.15) is 0 Å². The van der Waals surface area contributed by atoms with E-state index < -0.39 is 0 Å². The second kappa shape index (κ2) is 11.9. The normalized spacial score (nSPS) is 11.4. The number of hydrogen-bond acceptors (Lipinski definition) is 6. The molecule has 3 rings (SSSR count). The Morgan fingerprint density at radius 3 is 2.52 bits per heavy atom. The monoisotopic (exact) mass is 477 g/mol. The molecule has 166 valence electrons. The summed E-state index contributed by atoms with van der Waals surface area (Å²) in [5.41, 5.74) is 0.969. The first-order valence-corrected chi connectivity index (χ1v) is 13.4. The standard InChI is InChI=1S/C23H28FN3OS3/c1-4-26(5-2)14-15-27(21(28)13-16-30-18-11-9-17(24)10-12-18)23-25-22-19(29-3)7-6-8-20(22)31-23/h6-12H,4-5,13-16H2,1-3H3. The highest BCUT2D eigenvalue weighted by Crippen LogP contribution is 2.34. The SMILES string of the molecule is CCN(CC)CCN(C(=O)CCSc1ccc(F)cc1)c1nc2c(SC)cccc2s1. The summed E-state index contributed by atoms with van der Waals surface area (Å²) in [6.45, 7) is 7.62. The predicted octanol–water partition coefficient (Wildman–Crippen LogP) is 6.01. The average molecular weight is 478 g/mol. The summed E-state index contributed by atoms with van der Waals surface area (Å²) < 4.78 is 14.2. The van der Waals surface area contributed by atoms with Crippen LogP contribution in [-0.2, 0) is 4.79 Å².